The molecule has 0 aliphatic carbocycles. The molecule has 2 aromatic rings. The molecular formula is C11H11N3O. The Kier molecular flexibility index (Phi) is 4.66. The van der Waals surface area contributed by atoms with Crippen molar-refractivity contribution in [3.8, 4) is 0 Å². The van der Waals surface area contributed by atoms with Gasteiger partial charge >= 0.3 is 0 Å². The summed E-state index contributed by atoms with van der Waals surface area (Å²) in [5.74, 6) is 0. The second kappa shape index (κ2) is 6.37. The molecule has 4 heteroatoms. The Morgan fingerprint density at radius 1 is 1.13 bits per heavy atom. The van der Waals surface area contributed by atoms with Crippen molar-refractivity contribution in [3.63, 3.8) is 0 Å². The molecular weight excluding hydrogens is 190 g/mol. The highest BCUT2D eigenvalue weighted by atomic mass is 16.1. The lowest BCUT2D eigenvalue weighted by Gasteiger charge is -1.81. The van der Waals surface area contributed by atoms with Crippen molar-refractivity contribution in [1.82, 2.24) is 15.0 Å². The quantitative estimate of drug-likeness (QED) is 0.659. The number of carbonyl (C=O) groups excluding carboxylic acids is 1. The number of nitrogens with zero attached hydrogens (tertiary/aromatic N) is 3. The van der Waals surface area contributed by atoms with Crippen LogP contribution in [0.3, 0.4) is 0 Å². The summed E-state index contributed by atoms with van der Waals surface area (Å²) in [6.45, 7) is 1.91. The maximum absolute atomic E-state index is 9.94. The van der Waals surface area contributed by atoms with Crippen molar-refractivity contribution in [2.45, 2.75) is 6.92 Å². The van der Waals surface area contributed by atoms with Gasteiger partial charge in [-0.3, -0.25) is 19.7 Å². The molecule has 0 spiro atoms. The monoisotopic (exact) mass is 201 g/mol. The predicted octanol–water partition coefficient (Wildman–Crippen LogP) is 1.68. The van der Waals surface area contributed by atoms with Crippen molar-refractivity contribution in [1.29, 1.82) is 0 Å². The van der Waals surface area contributed by atoms with E-state index in [4.69, 9.17) is 0 Å². The van der Waals surface area contributed by atoms with Crippen LogP contribution in [0.1, 0.15) is 16.2 Å². The molecule has 4 nitrogen and oxygen atoms in total. The predicted molar refractivity (Wildman–Crippen MR) is 56.4 cm³/mol. The summed E-state index contributed by atoms with van der Waals surface area (Å²) in [4.78, 5) is 21.4. The number of pyridine rings is 1. The van der Waals surface area contributed by atoms with Crippen LogP contribution < -0.4 is 0 Å². The topological polar surface area (TPSA) is 55.7 Å². The van der Waals surface area contributed by atoms with E-state index in [1.54, 1.807) is 43.0 Å². The van der Waals surface area contributed by atoms with E-state index in [-0.39, 0.29) is 0 Å². The normalized spacial score (nSPS) is 8.60. The molecule has 15 heavy (non-hydrogen) atoms. The van der Waals surface area contributed by atoms with Crippen molar-refractivity contribution in [2.75, 3.05) is 0 Å². The SMILES string of the molecule is Cc1cnccn1.O=Cc1ccccn1. The first-order chi connectivity index (χ1) is 7.33. The van der Waals surface area contributed by atoms with Crippen LogP contribution in [0.15, 0.2) is 43.0 Å². The third kappa shape index (κ3) is 4.61. The van der Waals surface area contributed by atoms with E-state index in [2.05, 4.69) is 15.0 Å². The number of hydrogen-bond donors (Lipinski definition) is 0. The van der Waals surface area contributed by atoms with Crippen LogP contribution in [0, 0.1) is 6.92 Å². The van der Waals surface area contributed by atoms with Crippen LogP contribution >= 0.6 is 0 Å². The number of carbonyl (C=O) groups is 1. The smallest absolute Gasteiger partial charge is 0.168 e. The van der Waals surface area contributed by atoms with E-state index in [1.807, 2.05) is 6.92 Å². The van der Waals surface area contributed by atoms with Gasteiger partial charge in [0.15, 0.2) is 6.29 Å². The van der Waals surface area contributed by atoms with Gasteiger partial charge in [-0.1, -0.05) is 6.07 Å². The first kappa shape index (κ1) is 11.0. The zero-order valence-corrected chi connectivity index (χ0v) is 8.37. The minimum Gasteiger partial charge on any atom is -0.296 e. The van der Waals surface area contributed by atoms with Crippen LogP contribution in [0.4, 0.5) is 0 Å². The summed E-state index contributed by atoms with van der Waals surface area (Å²) >= 11 is 0. The highest BCUT2D eigenvalue weighted by Gasteiger charge is 1.81. The first-order valence-electron chi connectivity index (χ1n) is 4.42. The third-order valence-electron chi connectivity index (χ3n) is 1.50. The molecule has 0 unspecified atom stereocenters. The second-order valence-corrected chi connectivity index (χ2v) is 2.72. The average Bonchev–Trinajstić information content (AvgIpc) is 2.32. The molecule has 0 fully saturated rings. The van der Waals surface area contributed by atoms with Crippen molar-refractivity contribution in [2.24, 2.45) is 0 Å². The standard InChI is InChI=1S/C6H5NO.C5H6N2/c8-5-6-3-1-2-4-7-6;1-5-4-6-2-3-7-5/h1-5H;2-4H,1H3. The molecule has 0 saturated heterocycles. The molecule has 0 bridgehead atoms. The third-order valence-corrected chi connectivity index (χ3v) is 1.50. The van der Waals surface area contributed by atoms with Gasteiger partial charge in [0.25, 0.3) is 0 Å². The van der Waals surface area contributed by atoms with Gasteiger partial charge in [-0.05, 0) is 19.1 Å². The van der Waals surface area contributed by atoms with E-state index in [1.165, 1.54) is 0 Å². The van der Waals surface area contributed by atoms with Gasteiger partial charge < -0.3 is 0 Å². The van der Waals surface area contributed by atoms with Crippen molar-refractivity contribution >= 4 is 6.29 Å². The molecule has 0 aliphatic rings. The summed E-state index contributed by atoms with van der Waals surface area (Å²) in [7, 11) is 0. The lowest BCUT2D eigenvalue weighted by Crippen LogP contribution is -1.80. The number of aryl methyl sites for hydroxylation is 1. The number of aromatic nitrogens is 3. The van der Waals surface area contributed by atoms with E-state index in [0.29, 0.717) is 5.69 Å². The van der Waals surface area contributed by atoms with Crippen LogP contribution in [0.25, 0.3) is 0 Å². The van der Waals surface area contributed by atoms with Crippen molar-refractivity contribution < 1.29 is 4.79 Å². The van der Waals surface area contributed by atoms with Gasteiger partial charge in [0.05, 0.1) is 5.69 Å². The Bertz CT molecular complexity index is 389. The van der Waals surface area contributed by atoms with Gasteiger partial charge in [-0.15, -0.1) is 0 Å². The lowest BCUT2D eigenvalue weighted by molar-refractivity contribution is 0.111. The zero-order chi connectivity index (χ0) is 10.9. The van der Waals surface area contributed by atoms with E-state index in [9.17, 15) is 4.79 Å². The summed E-state index contributed by atoms with van der Waals surface area (Å²) < 4.78 is 0. The second-order valence-electron chi connectivity index (χ2n) is 2.72. The molecule has 0 N–H and O–H groups in total. The Balaban J connectivity index is 0.000000151. The zero-order valence-electron chi connectivity index (χ0n) is 8.37. The maximum atomic E-state index is 9.94. The van der Waals surface area contributed by atoms with Crippen LogP contribution in [0.2, 0.25) is 0 Å². The summed E-state index contributed by atoms with van der Waals surface area (Å²) in [5, 5.41) is 0. The molecule has 0 aliphatic heterocycles. The van der Waals surface area contributed by atoms with Gasteiger partial charge in [0.1, 0.15) is 5.69 Å². The van der Waals surface area contributed by atoms with Gasteiger partial charge in [-0.25, -0.2) is 0 Å². The minimum atomic E-state index is 0.479. The molecule has 0 aromatic carbocycles. The van der Waals surface area contributed by atoms with Crippen LogP contribution in [-0.2, 0) is 0 Å². The molecule has 0 amide bonds. The average molecular weight is 201 g/mol. The number of rotatable bonds is 1. The number of aldehydes is 1. The Hall–Kier alpha value is -2.10. The number of hydrogen-bond acceptors (Lipinski definition) is 4. The Morgan fingerprint density at radius 3 is 2.33 bits per heavy atom. The molecule has 76 valence electrons. The van der Waals surface area contributed by atoms with Crippen molar-refractivity contribution in [3.05, 3.63) is 54.4 Å². The fourth-order valence-corrected chi connectivity index (χ4v) is 0.819. The summed E-state index contributed by atoms with van der Waals surface area (Å²) in [6, 6.07) is 5.21. The molecule has 2 heterocycles. The van der Waals surface area contributed by atoms with Crippen LogP contribution in [0.5, 0.6) is 0 Å². The fourth-order valence-electron chi connectivity index (χ4n) is 0.819. The van der Waals surface area contributed by atoms with E-state index >= 15 is 0 Å². The fraction of sp³-hybridized carbons (Fsp3) is 0.0909. The van der Waals surface area contributed by atoms with E-state index in [0.717, 1.165) is 12.0 Å². The lowest BCUT2D eigenvalue weighted by atomic mass is 10.4. The van der Waals surface area contributed by atoms with Gasteiger partial charge in [0, 0.05) is 24.8 Å². The summed E-state index contributed by atoms with van der Waals surface area (Å²) in [6.07, 6.45) is 7.37. The molecule has 2 rings (SSSR count). The largest absolute Gasteiger partial charge is 0.296 e. The molecule has 2 aromatic heterocycles. The van der Waals surface area contributed by atoms with Gasteiger partial charge in [0.2, 0.25) is 0 Å². The highest BCUT2D eigenvalue weighted by Crippen LogP contribution is 1.85. The minimum absolute atomic E-state index is 0.479. The molecule has 0 saturated carbocycles. The van der Waals surface area contributed by atoms with Crippen LogP contribution in [-0.4, -0.2) is 21.2 Å². The summed E-state index contributed by atoms with van der Waals surface area (Å²) in [5.41, 5.74) is 1.44. The molecule has 0 radical (unpaired) electrons. The van der Waals surface area contributed by atoms with Gasteiger partial charge in [-0.2, -0.15) is 0 Å². The Labute approximate surface area is 88.0 Å². The van der Waals surface area contributed by atoms with E-state index < -0.39 is 0 Å². The maximum Gasteiger partial charge on any atom is 0.168 e. The highest BCUT2D eigenvalue weighted by molar-refractivity contribution is 5.71. The first-order valence-corrected chi connectivity index (χ1v) is 4.42. The molecule has 0 atom stereocenters. The Morgan fingerprint density at radius 2 is 2.00 bits per heavy atom.